The Bertz CT molecular complexity index is 678. The fourth-order valence-corrected chi connectivity index (χ4v) is 3.35. The molecule has 0 N–H and O–H groups in total. The van der Waals surface area contributed by atoms with Gasteiger partial charge in [-0.3, -0.25) is 9.48 Å². The third-order valence-electron chi connectivity index (χ3n) is 4.18. The number of benzene rings is 1. The molecule has 2 aromatic rings. The van der Waals surface area contributed by atoms with Crippen LogP contribution in [0.3, 0.4) is 0 Å². The first-order valence-corrected chi connectivity index (χ1v) is 8.31. The molecule has 1 aromatic heterocycles. The summed E-state index contributed by atoms with van der Waals surface area (Å²) in [5, 5.41) is 4.91. The van der Waals surface area contributed by atoms with Crippen LogP contribution in [0.2, 0.25) is 5.02 Å². The minimum atomic E-state index is 0.0816. The van der Waals surface area contributed by atoms with E-state index in [1.807, 2.05) is 38.4 Å². The highest BCUT2D eigenvalue weighted by atomic mass is 79.9. The third-order valence-corrected chi connectivity index (χ3v) is 5.09. The second kappa shape index (κ2) is 6.05. The molecule has 1 saturated carbocycles. The zero-order valence-corrected chi connectivity index (χ0v) is 14.8. The number of nitrogens with zero attached hydrogens (tertiary/aromatic N) is 3. The smallest absolute Gasteiger partial charge is 0.226 e. The standard InChI is InChI=1S/C16H17BrClN3O/c1-20(9-15-14(17)8-19-21(15)2)16(22)13-7-12(13)10-3-5-11(18)6-4-10/h3-6,8,12-13H,7,9H2,1-2H3. The first-order valence-electron chi connectivity index (χ1n) is 7.14. The number of hydrogen-bond donors (Lipinski definition) is 0. The summed E-state index contributed by atoms with van der Waals surface area (Å²) < 4.78 is 2.72. The van der Waals surface area contributed by atoms with Crippen molar-refractivity contribution in [3.05, 3.63) is 51.2 Å². The second-order valence-corrected chi connectivity index (χ2v) is 7.05. The molecule has 6 heteroatoms. The summed E-state index contributed by atoms with van der Waals surface area (Å²) >= 11 is 9.38. The van der Waals surface area contributed by atoms with Crippen LogP contribution in [0.4, 0.5) is 0 Å². The number of aryl methyl sites for hydroxylation is 1. The third kappa shape index (κ3) is 3.06. The van der Waals surface area contributed by atoms with Crippen LogP contribution >= 0.6 is 27.5 Å². The maximum absolute atomic E-state index is 12.6. The Morgan fingerprint density at radius 3 is 2.73 bits per heavy atom. The van der Waals surface area contributed by atoms with Crippen LogP contribution in [0.1, 0.15) is 23.6 Å². The van der Waals surface area contributed by atoms with Crippen molar-refractivity contribution < 1.29 is 4.79 Å². The summed E-state index contributed by atoms with van der Waals surface area (Å²) in [6.45, 7) is 0.555. The van der Waals surface area contributed by atoms with E-state index in [1.54, 1.807) is 15.8 Å². The zero-order valence-electron chi connectivity index (χ0n) is 12.5. The van der Waals surface area contributed by atoms with Crippen LogP contribution in [0.15, 0.2) is 34.9 Å². The highest BCUT2D eigenvalue weighted by Gasteiger charge is 2.45. The summed E-state index contributed by atoms with van der Waals surface area (Å²) in [6, 6.07) is 7.79. The van der Waals surface area contributed by atoms with E-state index in [4.69, 9.17) is 11.6 Å². The summed E-state index contributed by atoms with van der Waals surface area (Å²) in [5.41, 5.74) is 2.19. The predicted octanol–water partition coefficient (Wildman–Crippen LogP) is 3.60. The summed E-state index contributed by atoms with van der Waals surface area (Å²) in [4.78, 5) is 14.3. The molecule has 0 spiro atoms. The van der Waals surface area contributed by atoms with E-state index in [9.17, 15) is 4.79 Å². The number of rotatable bonds is 4. The van der Waals surface area contributed by atoms with E-state index in [2.05, 4.69) is 21.0 Å². The van der Waals surface area contributed by atoms with Gasteiger partial charge in [-0.2, -0.15) is 5.10 Å². The summed E-state index contributed by atoms with van der Waals surface area (Å²) in [5.74, 6) is 0.591. The van der Waals surface area contributed by atoms with Gasteiger partial charge in [0.2, 0.25) is 5.91 Å². The quantitative estimate of drug-likeness (QED) is 0.810. The highest BCUT2D eigenvalue weighted by molar-refractivity contribution is 9.10. The predicted molar refractivity (Wildman–Crippen MR) is 89.7 cm³/mol. The van der Waals surface area contributed by atoms with E-state index in [0.29, 0.717) is 12.5 Å². The molecule has 3 rings (SSSR count). The zero-order chi connectivity index (χ0) is 15.9. The van der Waals surface area contributed by atoms with Crippen LogP contribution in [-0.4, -0.2) is 27.6 Å². The van der Waals surface area contributed by atoms with Crippen LogP contribution in [-0.2, 0) is 18.4 Å². The number of halogens is 2. The molecule has 1 amide bonds. The molecule has 1 fully saturated rings. The maximum Gasteiger partial charge on any atom is 0.226 e. The van der Waals surface area contributed by atoms with Gasteiger partial charge in [-0.25, -0.2) is 0 Å². The van der Waals surface area contributed by atoms with Crippen LogP contribution in [0, 0.1) is 5.92 Å². The number of hydrogen-bond acceptors (Lipinski definition) is 2. The molecule has 1 aliphatic rings. The molecule has 0 radical (unpaired) electrons. The van der Waals surface area contributed by atoms with Gasteiger partial charge in [-0.05, 0) is 46.0 Å². The minimum Gasteiger partial charge on any atom is -0.340 e. The van der Waals surface area contributed by atoms with E-state index in [0.717, 1.165) is 21.6 Å². The van der Waals surface area contributed by atoms with E-state index in [1.165, 1.54) is 5.56 Å². The molecule has 2 atom stereocenters. The van der Waals surface area contributed by atoms with Crippen molar-refractivity contribution in [3.63, 3.8) is 0 Å². The van der Waals surface area contributed by atoms with E-state index < -0.39 is 0 Å². The molecule has 0 aliphatic heterocycles. The first-order chi connectivity index (χ1) is 10.5. The van der Waals surface area contributed by atoms with Gasteiger partial charge in [-0.15, -0.1) is 0 Å². The maximum atomic E-state index is 12.6. The molecule has 1 aromatic carbocycles. The molecule has 0 bridgehead atoms. The number of carbonyl (C=O) groups is 1. The number of aromatic nitrogens is 2. The molecule has 1 aliphatic carbocycles. The average Bonchev–Trinajstić information content (AvgIpc) is 3.24. The lowest BCUT2D eigenvalue weighted by molar-refractivity contribution is -0.132. The monoisotopic (exact) mass is 381 g/mol. The second-order valence-electron chi connectivity index (χ2n) is 5.76. The van der Waals surface area contributed by atoms with E-state index >= 15 is 0 Å². The SMILES string of the molecule is CN(Cc1c(Br)cnn1C)C(=O)C1CC1c1ccc(Cl)cc1. The lowest BCUT2D eigenvalue weighted by Gasteiger charge is -2.18. The molecular formula is C16H17BrClN3O. The van der Waals surface area contributed by atoms with Crippen molar-refractivity contribution in [2.45, 2.75) is 18.9 Å². The van der Waals surface area contributed by atoms with Gasteiger partial charge in [0.15, 0.2) is 0 Å². The molecular weight excluding hydrogens is 366 g/mol. The first kappa shape index (κ1) is 15.6. The van der Waals surface area contributed by atoms with Crippen molar-refractivity contribution in [2.24, 2.45) is 13.0 Å². The molecule has 22 heavy (non-hydrogen) atoms. The topological polar surface area (TPSA) is 38.1 Å². The van der Waals surface area contributed by atoms with Gasteiger partial charge in [0.25, 0.3) is 0 Å². The Hall–Kier alpha value is -1.33. The number of amides is 1. The Kier molecular flexibility index (Phi) is 4.28. The highest BCUT2D eigenvalue weighted by Crippen LogP contribution is 2.48. The molecule has 0 saturated heterocycles. The van der Waals surface area contributed by atoms with E-state index in [-0.39, 0.29) is 11.8 Å². The van der Waals surface area contributed by atoms with Gasteiger partial charge in [-0.1, -0.05) is 23.7 Å². The van der Waals surface area contributed by atoms with Crippen molar-refractivity contribution in [1.82, 2.24) is 14.7 Å². The molecule has 4 nitrogen and oxygen atoms in total. The summed E-state index contributed by atoms with van der Waals surface area (Å²) in [6.07, 6.45) is 2.67. The van der Waals surface area contributed by atoms with Crippen LogP contribution in [0.5, 0.6) is 0 Å². The van der Waals surface area contributed by atoms with Gasteiger partial charge < -0.3 is 4.90 Å². The lowest BCUT2D eigenvalue weighted by Crippen LogP contribution is -2.29. The molecule has 1 heterocycles. The Balaban J connectivity index is 1.64. The fraction of sp³-hybridized carbons (Fsp3) is 0.375. The van der Waals surface area contributed by atoms with Gasteiger partial charge in [0.05, 0.1) is 22.9 Å². The molecule has 116 valence electrons. The van der Waals surface area contributed by atoms with Crippen molar-refractivity contribution in [1.29, 1.82) is 0 Å². The average molecular weight is 383 g/mol. The minimum absolute atomic E-state index is 0.0816. The van der Waals surface area contributed by atoms with Crippen molar-refractivity contribution in [2.75, 3.05) is 7.05 Å². The normalized spacial score (nSPS) is 20.0. The van der Waals surface area contributed by atoms with Gasteiger partial charge >= 0.3 is 0 Å². The number of carbonyl (C=O) groups excluding carboxylic acids is 1. The largest absolute Gasteiger partial charge is 0.340 e. The van der Waals surface area contributed by atoms with Crippen LogP contribution in [0.25, 0.3) is 0 Å². The molecule has 2 unspecified atom stereocenters. The van der Waals surface area contributed by atoms with Crippen molar-refractivity contribution >= 4 is 33.4 Å². The lowest BCUT2D eigenvalue weighted by atomic mass is 10.1. The van der Waals surface area contributed by atoms with Crippen LogP contribution < -0.4 is 0 Å². The van der Waals surface area contributed by atoms with Crippen molar-refractivity contribution in [3.8, 4) is 0 Å². The van der Waals surface area contributed by atoms with Gasteiger partial charge in [0.1, 0.15) is 0 Å². The Morgan fingerprint density at radius 2 is 2.14 bits per heavy atom. The van der Waals surface area contributed by atoms with Gasteiger partial charge in [0, 0.05) is 25.0 Å². The fourth-order valence-electron chi connectivity index (χ4n) is 2.75. The summed E-state index contributed by atoms with van der Waals surface area (Å²) in [7, 11) is 3.73. The Morgan fingerprint density at radius 1 is 1.45 bits per heavy atom. The Labute approximate surface area is 143 Å².